The molecule has 2 heterocycles. The molecule has 0 N–H and O–H groups in total. The van der Waals surface area contributed by atoms with E-state index < -0.39 is 0 Å². The van der Waals surface area contributed by atoms with Crippen molar-refractivity contribution in [2.75, 3.05) is 26.7 Å². The number of nitrogens with zero attached hydrogens (tertiary/aromatic N) is 2. The fraction of sp³-hybridized carbons (Fsp3) is 0.889. The molecule has 0 saturated carbocycles. The van der Waals surface area contributed by atoms with Gasteiger partial charge in [-0.25, -0.2) is 4.79 Å². The Hall–Kier alpha value is -0.770. The molecule has 0 aromatic heterocycles. The normalized spacial score (nSPS) is 32.6. The number of rotatable bonds is 1. The number of amides is 1. The maximum absolute atomic E-state index is 11.4. The van der Waals surface area contributed by atoms with E-state index in [9.17, 15) is 4.79 Å². The minimum Gasteiger partial charge on any atom is -0.450 e. The highest BCUT2D eigenvalue weighted by molar-refractivity contribution is 5.68. The van der Waals surface area contributed by atoms with Crippen molar-refractivity contribution < 1.29 is 9.53 Å². The molecule has 0 aromatic carbocycles. The van der Waals surface area contributed by atoms with E-state index in [1.165, 1.54) is 0 Å². The van der Waals surface area contributed by atoms with Gasteiger partial charge in [0.1, 0.15) is 0 Å². The first kappa shape index (κ1) is 8.81. The van der Waals surface area contributed by atoms with Crippen LogP contribution < -0.4 is 0 Å². The average molecular weight is 184 g/mol. The highest BCUT2D eigenvalue weighted by Crippen LogP contribution is 2.29. The van der Waals surface area contributed by atoms with Crippen molar-refractivity contribution in [2.45, 2.75) is 25.4 Å². The maximum atomic E-state index is 11.4. The second kappa shape index (κ2) is 3.18. The first-order chi connectivity index (χ1) is 6.22. The fourth-order valence-electron chi connectivity index (χ4n) is 2.30. The lowest BCUT2D eigenvalue weighted by atomic mass is 10.2. The SMILES string of the molecule is CCOC(=O)N1CC2CC1CN2C. The van der Waals surface area contributed by atoms with Gasteiger partial charge in [0.05, 0.1) is 6.61 Å². The number of likely N-dealkylation sites (tertiary alicyclic amines) is 2. The summed E-state index contributed by atoms with van der Waals surface area (Å²) in [6.45, 7) is 4.17. The number of carbonyl (C=O) groups is 1. The number of ether oxygens (including phenoxy) is 1. The summed E-state index contributed by atoms with van der Waals surface area (Å²) in [4.78, 5) is 15.6. The summed E-state index contributed by atoms with van der Waals surface area (Å²) in [5, 5.41) is 0. The largest absolute Gasteiger partial charge is 0.450 e. The molecule has 2 fully saturated rings. The van der Waals surface area contributed by atoms with Crippen LogP contribution in [0.1, 0.15) is 13.3 Å². The van der Waals surface area contributed by atoms with Gasteiger partial charge in [-0.1, -0.05) is 0 Å². The van der Waals surface area contributed by atoms with E-state index in [1.807, 2.05) is 11.8 Å². The Labute approximate surface area is 78.4 Å². The van der Waals surface area contributed by atoms with Crippen LogP contribution in [0.25, 0.3) is 0 Å². The van der Waals surface area contributed by atoms with Crippen LogP contribution in [-0.2, 0) is 4.74 Å². The summed E-state index contributed by atoms with van der Waals surface area (Å²) in [6, 6.07) is 0.962. The van der Waals surface area contributed by atoms with Gasteiger partial charge in [-0.3, -0.25) is 4.90 Å². The molecule has 2 atom stereocenters. The van der Waals surface area contributed by atoms with Gasteiger partial charge < -0.3 is 9.64 Å². The first-order valence-electron chi connectivity index (χ1n) is 4.86. The number of fused-ring (bicyclic) bond motifs is 2. The lowest BCUT2D eigenvalue weighted by molar-refractivity contribution is 0.0831. The minimum absolute atomic E-state index is 0.136. The predicted molar refractivity (Wildman–Crippen MR) is 48.6 cm³/mol. The Morgan fingerprint density at radius 3 is 2.69 bits per heavy atom. The minimum atomic E-state index is -0.136. The van der Waals surface area contributed by atoms with Crippen molar-refractivity contribution in [3.8, 4) is 0 Å². The van der Waals surface area contributed by atoms with E-state index in [-0.39, 0.29) is 6.09 Å². The third-order valence-electron chi connectivity index (χ3n) is 3.02. The molecule has 2 bridgehead atoms. The third kappa shape index (κ3) is 1.39. The van der Waals surface area contributed by atoms with Crippen molar-refractivity contribution in [1.29, 1.82) is 0 Å². The molecule has 0 spiro atoms. The summed E-state index contributed by atoms with van der Waals surface area (Å²) in [5.74, 6) is 0. The fourth-order valence-corrected chi connectivity index (χ4v) is 2.30. The topological polar surface area (TPSA) is 32.8 Å². The van der Waals surface area contributed by atoms with Crippen LogP contribution in [0, 0.1) is 0 Å². The summed E-state index contributed by atoms with van der Waals surface area (Å²) >= 11 is 0. The molecule has 13 heavy (non-hydrogen) atoms. The monoisotopic (exact) mass is 184 g/mol. The highest BCUT2D eigenvalue weighted by Gasteiger charge is 2.44. The molecule has 2 rings (SSSR count). The number of hydrogen-bond acceptors (Lipinski definition) is 3. The molecule has 0 aromatic rings. The number of hydrogen-bond donors (Lipinski definition) is 0. The van der Waals surface area contributed by atoms with Gasteiger partial charge in [0.2, 0.25) is 0 Å². The molecule has 2 unspecified atom stereocenters. The van der Waals surface area contributed by atoms with Crippen molar-refractivity contribution in [3.05, 3.63) is 0 Å². The lowest BCUT2D eigenvalue weighted by Crippen LogP contribution is -2.47. The van der Waals surface area contributed by atoms with Crippen molar-refractivity contribution in [3.63, 3.8) is 0 Å². The van der Waals surface area contributed by atoms with Crippen LogP contribution in [0.2, 0.25) is 0 Å². The van der Waals surface area contributed by atoms with Gasteiger partial charge in [0.15, 0.2) is 0 Å². The van der Waals surface area contributed by atoms with Crippen molar-refractivity contribution in [2.24, 2.45) is 0 Å². The molecule has 2 aliphatic rings. The van der Waals surface area contributed by atoms with Crippen molar-refractivity contribution in [1.82, 2.24) is 9.80 Å². The lowest BCUT2D eigenvalue weighted by Gasteiger charge is -2.30. The molecule has 0 radical (unpaired) electrons. The van der Waals surface area contributed by atoms with Crippen LogP contribution >= 0.6 is 0 Å². The second-order valence-electron chi connectivity index (χ2n) is 3.83. The van der Waals surface area contributed by atoms with Gasteiger partial charge >= 0.3 is 6.09 Å². The summed E-state index contributed by atoms with van der Waals surface area (Å²) in [6.07, 6.45) is 0.984. The van der Waals surface area contributed by atoms with Crippen molar-refractivity contribution >= 4 is 6.09 Å². The molecule has 1 amide bonds. The molecule has 74 valence electrons. The average Bonchev–Trinajstić information content (AvgIpc) is 2.62. The Morgan fingerprint density at radius 1 is 1.46 bits per heavy atom. The van der Waals surface area contributed by atoms with Crippen LogP contribution in [0.3, 0.4) is 0 Å². The Bertz CT molecular complexity index is 218. The summed E-state index contributed by atoms with van der Waals surface area (Å²) in [5.41, 5.74) is 0. The van der Waals surface area contributed by atoms with E-state index in [0.29, 0.717) is 18.7 Å². The Balaban J connectivity index is 1.95. The van der Waals surface area contributed by atoms with E-state index in [1.54, 1.807) is 0 Å². The molecular weight excluding hydrogens is 168 g/mol. The van der Waals surface area contributed by atoms with Gasteiger partial charge in [0.25, 0.3) is 0 Å². The molecule has 4 nitrogen and oxygen atoms in total. The van der Waals surface area contributed by atoms with E-state index in [2.05, 4.69) is 11.9 Å². The molecule has 2 aliphatic heterocycles. The molecule has 4 heteroatoms. The molecule has 0 aliphatic carbocycles. The second-order valence-corrected chi connectivity index (χ2v) is 3.83. The number of piperazine rings is 1. The zero-order valence-corrected chi connectivity index (χ0v) is 8.19. The van der Waals surface area contributed by atoms with Gasteiger partial charge in [-0.2, -0.15) is 0 Å². The van der Waals surface area contributed by atoms with E-state index in [0.717, 1.165) is 19.5 Å². The van der Waals surface area contributed by atoms with Crippen LogP contribution in [0.5, 0.6) is 0 Å². The Kier molecular flexibility index (Phi) is 2.15. The zero-order chi connectivity index (χ0) is 9.42. The molecule has 2 saturated heterocycles. The Morgan fingerprint density at radius 2 is 2.23 bits per heavy atom. The highest BCUT2D eigenvalue weighted by atomic mass is 16.6. The summed E-state index contributed by atoms with van der Waals surface area (Å²) < 4.78 is 4.98. The van der Waals surface area contributed by atoms with Crippen LogP contribution in [0.4, 0.5) is 4.79 Å². The van der Waals surface area contributed by atoms with Gasteiger partial charge in [0, 0.05) is 25.2 Å². The van der Waals surface area contributed by atoms with Crippen LogP contribution in [0.15, 0.2) is 0 Å². The standard InChI is InChI=1S/C9H16N2O2/c1-3-13-9(12)11-6-7-4-8(11)5-10(7)2/h7-8H,3-6H2,1-2H3. The maximum Gasteiger partial charge on any atom is 0.410 e. The number of likely N-dealkylation sites (N-methyl/N-ethyl adjacent to an activating group) is 1. The van der Waals surface area contributed by atoms with Crippen LogP contribution in [-0.4, -0.2) is 54.7 Å². The van der Waals surface area contributed by atoms with Gasteiger partial charge in [-0.05, 0) is 20.4 Å². The smallest absolute Gasteiger partial charge is 0.410 e. The summed E-state index contributed by atoms with van der Waals surface area (Å²) in [7, 11) is 2.12. The third-order valence-corrected chi connectivity index (χ3v) is 3.02. The number of carbonyl (C=O) groups excluding carboxylic acids is 1. The molecular formula is C9H16N2O2. The predicted octanol–water partition coefficient (Wildman–Crippen LogP) is 0.531. The van der Waals surface area contributed by atoms with Gasteiger partial charge in [-0.15, -0.1) is 0 Å². The quantitative estimate of drug-likeness (QED) is 0.596. The van der Waals surface area contributed by atoms with E-state index in [4.69, 9.17) is 4.74 Å². The van der Waals surface area contributed by atoms with E-state index >= 15 is 0 Å². The zero-order valence-electron chi connectivity index (χ0n) is 8.19. The first-order valence-corrected chi connectivity index (χ1v) is 4.86.